The van der Waals surface area contributed by atoms with Crippen LogP contribution in [0.2, 0.25) is 0 Å². The molecule has 17 heavy (non-hydrogen) atoms. The SMILES string of the molecule is CNCCc1noc(-c2snnc2C(C)C)n1. The highest BCUT2D eigenvalue weighted by Crippen LogP contribution is 2.29. The molecule has 6 nitrogen and oxygen atoms in total. The van der Waals surface area contributed by atoms with Crippen LogP contribution in [0.25, 0.3) is 10.8 Å². The van der Waals surface area contributed by atoms with Crippen molar-refractivity contribution in [3.63, 3.8) is 0 Å². The van der Waals surface area contributed by atoms with Gasteiger partial charge in [-0.3, -0.25) is 0 Å². The van der Waals surface area contributed by atoms with Gasteiger partial charge >= 0.3 is 0 Å². The average molecular weight is 253 g/mol. The summed E-state index contributed by atoms with van der Waals surface area (Å²) in [7, 11) is 1.89. The van der Waals surface area contributed by atoms with E-state index in [4.69, 9.17) is 4.52 Å². The highest BCUT2D eigenvalue weighted by atomic mass is 32.1. The molecule has 0 aromatic carbocycles. The normalized spacial score (nSPS) is 11.3. The summed E-state index contributed by atoms with van der Waals surface area (Å²) >= 11 is 1.30. The van der Waals surface area contributed by atoms with Crippen molar-refractivity contribution in [1.82, 2.24) is 25.0 Å². The molecule has 7 heteroatoms. The molecule has 0 atom stereocenters. The number of rotatable bonds is 5. The third-order valence-electron chi connectivity index (χ3n) is 2.32. The van der Waals surface area contributed by atoms with Crippen LogP contribution in [0.1, 0.15) is 31.3 Å². The first-order valence-electron chi connectivity index (χ1n) is 5.52. The van der Waals surface area contributed by atoms with Crippen LogP contribution in [0.3, 0.4) is 0 Å². The van der Waals surface area contributed by atoms with Gasteiger partial charge in [-0.2, -0.15) is 4.98 Å². The van der Waals surface area contributed by atoms with Crippen molar-refractivity contribution in [1.29, 1.82) is 0 Å². The molecule has 0 bridgehead atoms. The van der Waals surface area contributed by atoms with E-state index < -0.39 is 0 Å². The quantitative estimate of drug-likeness (QED) is 0.869. The monoisotopic (exact) mass is 253 g/mol. The van der Waals surface area contributed by atoms with Gasteiger partial charge < -0.3 is 9.84 Å². The molecule has 92 valence electrons. The predicted molar refractivity (Wildman–Crippen MR) is 64.9 cm³/mol. The molecule has 0 unspecified atom stereocenters. The van der Waals surface area contributed by atoms with Gasteiger partial charge in [0.05, 0.1) is 5.69 Å². The molecule has 2 heterocycles. The Morgan fingerprint density at radius 3 is 2.94 bits per heavy atom. The molecule has 0 radical (unpaired) electrons. The lowest BCUT2D eigenvalue weighted by molar-refractivity contribution is 0.422. The number of hydrogen-bond donors (Lipinski definition) is 1. The standard InChI is InChI=1S/C10H15N5OS/c1-6(2)8-9(17-15-13-8)10-12-7(14-16-10)4-5-11-3/h6,11H,4-5H2,1-3H3. The maximum absolute atomic E-state index is 5.24. The molecular formula is C10H15N5OS. The topological polar surface area (TPSA) is 76.7 Å². The number of nitrogens with one attached hydrogen (secondary N) is 1. The molecular weight excluding hydrogens is 238 g/mol. The number of hydrogen-bond acceptors (Lipinski definition) is 7. The second-order valence-corrected chi connectivity index (χ2v) is 4.77. The Kier molecular flexibility index (Phi) is 3.80. The Morgan fingerprint density at radius 2 is 2.24 bits per heavy atom. The summed E-state index contributed by atoms with van der Waals surface area (Å²) in [6.45, 7) is 4.97. The zero-order valence-corrected chi connectivity index (χ0v) is 10.9. The minimum atomic E-state index is 0.302. The smallest absolute Gasteiger partial charge is 0.271 e. The number of nitrogens with zero attached hydrogens (tertiary/aromatic N) is 4. The molecule has 2 rings (SSSR count). The Morgan fingerprint density at radius 1 is 1.41 bits per heavy atom. The minimum absolute atomic E-state index is 0.302. The molecule has 0 saturated carbocycles. The van der Waals surface area contributed by atoms with Gasteiger partial charge in [0.2, 0.25) is 0 Å². The molecule has 1 N–H and O–H groups in total. The average Bonchev–Trinajstić information content (AvgIpc) is 2.94. The van der Waals surface area contributed by atoms with E-state index in [2.05, 4.69) is 38.9 Å². The van der Waals surface area contributed by atoms with Crippen molar-refractivity contribution in [3.05, 3.63) is 11.5 Å². The van der Waals surface area contributed by atoms with E-state index in [-0.39, 0.29) is 0 Å². The Balaban J connectivity index is 2.21. The van der Waals surface area contributed by atoms with Crippen LogP contribution in [0.4, 0.5) is 0 Å². The minimum Gasteiger partial charge on any atom is -0.333 e. The maximum atomic E-state index is 5.24. The lowest BCUT2D eigenvalue weighted by atomic mass is 10.1. The van der Waals surface area contributed by atoms with Gasteiger partial charge in [0, 0.05) is 13.0 Å². The van der Waals surface area contributed by atoms with E-state index >= 15 is 0 Å². The fraction of sp³-hybridized carbons (Fsp3) is 0.600. The molecule has 2 aromatic heterocycles. The second-order valence-electron chi connectivity index (χ2n) is 4.01. The van der Waals surface area contributed by atoms with E-state index in [0.29, 0.717) is 17.6 Å². The first-order chi connectivity index (χ1) is 8.22. The van der Waals surface area contributed by atoms with Crippen molar-refractivity contribution in [3.8, 4) is 10.8 Å². The van der Waals surface area contributed by atoms with Crippen LogP contribution in [-0.2, 0) is 6.42 Å². The third-order valence-corrected chi connectivity index (χ3v) is 3.05. The van der Waals surface area contributed by atoms with Crippen LogP contribution < -0.4 is 5.32 Å². The molecule has 0 fully saturated rings. The predicted octanol–water partition coefficient (Wildman–Crippen LogP) is 1.47. The first-order valence-corrected chi connectivity index (χ1v) is 6.29. The molecule has 0 saturated heterocycles. The summed E-state index contributed by atoms with van der Waals surface area (Å²) in [6, 6.07) is 0. The van der Waals surface area contributed by atoms with E-state index in [9.17, 15) is 0 Å². The van der Waals surface area contributed by atoms with E-state index in [1.165, 1.54) is 11.5 Å². The van der Waals surface area contributed by atoms with Gasteiger partial charge in [-0.15, -0.1) is 5.10 Å². The summed E-state index contributed by atoms with van der Waals surface area (Å²) in [5.41, 5.74) is 0.916. The lowest BCUT2D eigenvalue weighted by Crippen LogP contribution is -2.11. The van der Waals surface area contributed by atoms with Crippen molar-refractivity contribution in [2.24, 2.45) is 0 Å². The molecule has 0 aliphatic carbocycles. The van der Waals surface area contributed by atoms with Crippen LogP contribution >= 0.6 is 11.5 Å². The summed E-state index contributed by atoms with van der Waals surface area (Å²) in [5.74, 6) is 1.53. The highest BCUT2D eigenvalue weighted by Gasteiger charge is 2.19. The van der Waals surface area contributed by atoms with Crippen LogP contribution in [0.15, 0.2) is 4.52 Å². The summed E-state index contributed by atoms with van der Waals surface area (Å²) in [6.07, 6.45) is 0.753. The van der Waals surface area contributed by atoms with Gasteiger partial charge in [0.25, 0.3) is 5.89 Å². The van der Waals surface area contributed by atoms with Crippen molar-refractivity contribution in [2.75, 3.05) is 13.6 Å². The summed E-state index contributed by atoms with van der Waals surface area (Å²) < 4.78 is 9.18. The Bertz CT molecular complexity index is 479. The first kappa shape index (κ1) is 12.1. The zero-order valence-electron chi connectivity index (χ0n) is 10.1. The lowest BCUT2D eigenvalue weighted by Gasteiger charge is -1.98. The molecule has 0 aliphatic rings. The van der Waals surface area contributed by atoms with Gasteiger partial charge in [-0.1, -0.05) is 23.5 Å². The number of aromatic nitrogens is 4. The van der Waals surface area contributed by atoms with Gasteiger partial charge in [0.1, 0.15) is 4.88 Å². The fourth-order valence-corrected chi connectivity index (χ4v) is 2.15. The highest BCUT2D eigenvalue weighted by molar-refractivity contribution is 7.09. The largest absolute Gasteiger partial charge is 0.333 e. The van der Waals surface area contributed by atoms with Crippen LogP contribution in [-0.4, -0.2) is 33.3 Å². The second kappa shape index (κ2) is 5.33. The fourth-order valence-electron chi connectivity index (χ4n) is 1.41. The van der Waals surface area contributed by atoms with Gasteiger partial charge in [0.15, 0.2) is 5.82 Å². The molecule has 0 amide bonds. The summed E-state index contributed by atoms with van der Waals surface area (Å²) in [5, 5.41) is 11.1. The Hall–Kier alpha value is -1.34. The van der Waals surface area contributed by atoms with Gasteiger partial charge in [-0.25, -0.2) is 0 Å². The summed E-state index contributed by atoms with van der Waals surface area (Å²) in [4.78, 5) is 5.22. The number of likely N-dealkylation sites (N-methyl/N-ethyl adjacent to an activating group) is 1. The van der Waals surface area contributed by atoms with E-state index in [0.717, 1.165) is 23.5 Å². The van der Waals surface area contributed by atoms with Crippen LogP contribution in [0.5, 0.6) is 0 Å². The Labute approximate surface area is 104 Å². The zero-order chi connectivity index (χ0) is 12.3. The molecule has 0 spiro atoms. The van der Waals surface area contributed by atoms with Gasteiger partial charge in [-0.05, 0) is 24.5 Å². The van der Waals surface area contributed by atoms with E-state index in [1.54, 1.807) is 0 Å². The molecule has 2 aromatic rings. The molecule has 0 aliphatic heterocycles. The van der Waals surface area contributed by atoms with E-state index in [1.807, 2.05) is 7.05 Å². The third kappa shape index (κ3) is 2.67. The maximum Gasteiger partial charge on any atom is 0.271 e. The van der Waals surface area contributed by atoms with Crippen molar-refractivity contribution < 1.29 is 4.52 Å². The van der Waals surface area contributed by atoms with Crippen LogP contribution in [0, 0.1) is 0 Å². The van der Waals surface area contributed by atoms with Crippen molar-refractivity contribution in [2.45, 2.75) is 26.2 Å². The van der Waals surface area contributed by atoms with Crippen molar-refractivity contribution >= 4 is 11.5 Å².